The van der Waals surface area contributed by atoms with Crippen molar-refractivity contribution in [3.05, 3.63) is 60.7 Å². The van der Waals surface area contributed by atoms with Crippen LogP contribution in [0.2, 0.25) is 0 Å². The van der Waals surface area contributed by atoms with Crippen molar-refractivity contribution in [1.29, 1.82) is 0 Å². The zero-order valence-electron chi connectivity index (χ0n) is 12.5. The van der Waals surface area contributed by atoms with E-state index in [-0.39, 0.29) is 10.2 Å². The van der Waals surface area contributed by atoms with E-state index in [4.69, 9.17) is 0 Å². The minimum Gasteiger partial charge on any atom is -0.282 e. The predicted molar refractivity (Wildman–Crippen MR) is 95.3 cm³/mol. The highest BCUT2D eigenvalue weighted by Crippen LogP contribution is 2.29. The van der Waals surface area contributed by atoms with Crippen LogP contribution in [0.3, 0.4) is 0 Å². The lowest BCUT2D eigenvalue weighted by molar-refractivity contribution is -0.108. The first-order chi connectivity index (χ1) is 10.4. The van der Waals surface area contributed by atoms with Gasteiger partial charge in [0.1, 0.15) is 0 Å². The normalized spacial score (nSPS) is 10.5. The van der Waals surface area contributed by atoms with Crippen molar-refractivity contribution in [2.75, 3.05) is 0 Å². The molecular weight excluding hydrogens is 312 g/mol. The lowest BCUT2D eigenvalue weighted by atomic mass is 10.1. The van der Waals surface area contributed by atoms with Crippen LogP contribution in [0.15, 0.2) is 70.5 Å². The van der Waals surface area contributed by atoms with Crippen molar-refractivity contribution >= 4 is 44.5 Å². The van der Waals surface area contributed by atoms with Crippen molar-refractivity contribution < 1.29 is 9.59 Å². The molecule has 0 spiro atoms. The third kappa shape index (κ3) is 4.12. The van der Waals surface area contributed by atoms with Crippen LogP contribution < -0.4 is 0 Å². The molecule has 0 N–H and O–H groups in total. The first-order valence-corrected chi connectivity index (χ1v) is 8.29. The van der Waals surface area contributed by atoms with Crippen LogP contribution in [-0.2, 0) is 9.59 Å². The molecule has 0 radical (unpaired) electrons. The van der Waals surface area contributed by atoms with Crippen molar-refractivity contribution in [2.24, 2.45) is 0 Å². The zero-order valence-corrected chi connectivity index (χ0v) is 14.1. The second-order valence-electron chi connectivity index (χ2n) is 5.01. The molecule has 0 saturated carbocycles. The Kier molecular flexibility index (Phi) is 5.27. The molecule has 0 atom stereocenters. The van der Waals surface area contributed by atoms with E-state index in [0.717, 1.165) is 20.6 Å². The van der Waals surface area contributed by atoms with E-state index >= 15 is 0 Å². The topological polar surface area (TPSA) is 34.1 Å². The average Bonchev–Trinajstić information content (AvgIpc) is 2.47. The fraction of sp³-hybridized carbons (Fsp3) is 0.111. The van der Waals surface area contributed by atoms with Gasteiger partial charge in [0, 0.05) is 9.79 Å². The van der Waals surface area contributed by atoms with Gasteiger partial charge >= 0.3 is 0 Å². The Balaban J connectivity index is 2.25. The number of hydrogen-bond donors (Lipinski definition) is 0. The van der Waals surface area contributed by atoms with Gasteiger partial charge in [-0.25, -0.2) is 0 Å². The van der Waals surface area contributed by atoms with Crippen LogP contribution in [0.4, 0.5) is 0 Å². The van der Waals surface area contributed by atoms with Gasteiger partial charge in [-0.1, -0.05) is 25.3 Å². The van der Waals surface area contributed by atoms with Gasteiger partial charge in [-0.15, -0.1) is 0 Å². The Bertz CT molecular complexity index is 724. The highest BCUT2D eigenvalue weighted by molar-refractivity contribution is 8.14. The highest BCUT2D eigenvalue weighted by atomic mass is 32.2. The maximum atomic E-state index is 11.7. The standard InChI is InChI=1S/C18H16O2S2/c1-11(2)17(19)21-15-7-5-14-10-16(8-6-13(14)9-15)22-18(20)12(3)4/h5-10H,1,3H2,2,4H3. The number of benzene rings is 2. The van der Waals surface area contributed by atoms with E-state index in [9.17, 15) is 9.59 Å². The van der Waals surface area contributed by atoms with Crippen molar-refractivity contribution in [3.63, 3.8) is 0 Å². The summed E-state index contributed by atoms with van der Waals surface area (Å²) in [4.78, 5) is 25.2. The minimum atomic E-state index is -0.0291. The van der Waals surface area contributed by atoms with Gasteiger partial charge in [0.05, 0.1) is 0 Å². The molecule has 0 fully saturated rings. The van der Waals surface area contributed by atoms with Gasteiger partial charge < -0.3 is 0 Å². The van der Waals surface area contributed by atoms with Gasteiger partial charge in [-0.2, -0.15) is 0 Å². The molecule has 2 rings (SSSR count). The first kappa shape index (κ1) is 16.6. The summed E-state index contributed by atoms with van der Waals surface area (Å²) < 4.78 is 0. The molecule has 0 saturated heterocycles. The molecule has 2 nitrogen and oxygen atoms in total. The Morgan fingerprint density at radius 2 is 1.14 bits per heavy atom. The van der Waals surface area contributed by atoms with Crippen molar-refractivity contribution in [1.82, 2.24) is 0 Å². The number of fused-ring (bicyclic) bond motifs is 1. The third-order valence-corrected chi connectivity index (χ3v) is 4.95. The Morgan fingerprint density at radius 3 is 1.45 bits per heavy atom. The van der Waals surface area contributed by atoms with Crippen molar-refractivity contribution in [3.8, 4) is 0 Å². The largest absolute Gasteiger partial charge is 0.282 e. The van der Waals surface area contributed by atoms with Gasteiger partial charge in [0.25, 0.3) is 0 Å². The van der Waals surface area contributed by atoms with E-state index in [1.807, 2.05) is 36.4 Å². The molecule has 2 aromatic carbocycles. The van der Waals surface area contributed by atoms with E-state index in [0.29, 0.717) is 11.1 Å². The summed E-state index contributed by atoms with van der Waals surface area (Å²) >= 11 is 2.35. The SMILES string of the molecule is C=C(C)C(=O)Sc1ccc2cc(SC(=O)C(=C)C)ccc2c1. The summed E-state index contributed by atoms with van der Waals surface area (Å²) in [5.74, 6) is 0. The number of rotatable bonds is 4. The lowest BCUT2D eigenvalue weighted by Crippen LogP contribution is -1.91. The molecule has 4 heteroatoms. The maximum Gasteiger partial charge on any atom is 0.219 e. The summed E-state index contributed by atoms with van der Waals surface area (Å²) in [5, 5.41) is 2.01. The summed E-state index contributed by atoms with van der Waals surface area (Å²) in [5.41, 5.74) is 1.07. The Labute approximate surface area is 138 Å². The van der Waals surface area contributed by atoms with Crippen molar-refractivity contribution in [2.45, 2.75) is 23.6 Å². The molecule has 0 aliphatic carbocycles. The monoisotopic (exact) mass is 328 g/mol. The number of carbonyl (C=O) groups excluding carboxylic acids is 2. The molecule has 112 valence electrons. The van der Waals surface area contributed by atoms with Gasteiger partial charge in [-0.3, -0.25) is 9.59 Å². The number of thioether (sulfide) groups is 2. The lowest BCUT2D eigenvalue weighted by Gasteiger charge is -2.05. The van der Waals surface area contributed by atoms with Crippen LogP contribution in [0.5, 0.6) is 0 Å². The molecule has 22 heavy (non-hydrogen) atoms. The fourth-order valence-corrected chi connectivity index (χ4v) is 3.14. The minimum absolute atomic E-state index is 0.0291. The van der Waals surface area contributed by atoms with E-state index < -0.39 is 0 Å². The molecule has 0 heterocycles. The van der Waals surface area contributed by atoms with Crippen LogP contribution in [0.25, 0.3) is 10.8 Å². The predicted octanol–water partition coefficient (Wildman–Crippen LogP) is 5.23. The number of carbonyl (C=O) groups is 2. The Morgan fingerprint density at radius 1 is 0.773 bits per heavy atom. The van der Waals surface area contributed by atoms with Crippen LogP contribution >= 0.6 is 23.5 Å². The summed E-state index contributed by atoms with van der Waals surface area (Å²) in [6.45, 7) is 10.7. The fourth-order valence-electron chi connectivity index (χ4n) is 1.72. The third-order valence-electron chi connectivity index (χ3n) is 2.90. The molecular formula is C18H16O2S2. The highest BCUT2D eigenvalue weighted by Gasteiger charge is 2.08. The quantitative estimate of drug-likeness (QED) is 0.568. The van der Waals surface area contributed by atoms with E-state index in [1.54, 1.807) is 13.8 Å². The van der Waals surface area contributed by atoms with E-state index in [1.165, 1.54) is 23.5 Å². The summed E-state index contributed by atoms with van der Waals surface area (Å²) in [7, 11) is 0. The molecule has 0 aliphatic rings. The molecule has 2 aromatic rings. The van der Waals surface area contributed by atoms with Crippen LogP contribution in [0, 0.1) is 0 Å². The van der Waals surface area contributed by atoms with Crippen LogP contribution in [0.1, 0.15) is 13.8 Å². The van der Waals surface area contributed by atoms with E-state index in [2.05, 4.69) is 13.2 Å². The van der Waals surface area contributed by atoms with Gasteiger partial charge in [0.2, 0.25) is 10.2 Å². The van der Waals surface area contributed by atoms with Gasteiger partial charge in [0.15, 0.2) is 0 Å². The number of hydrogen-bond acceptors (Lipinski definition) is 4. The summed E-state index contributed by atoms with van der Waals surface area (Å²) in [6, 6.07) is 11.7. The first-order valence-electron chi connectivity index (χ1n) is 6.66. The molecule has 0 amide bonds. The molecule has 0 unspecified atom stereocenters. The smallest absolute Gasteiger partial charge is 0.219 e. The molecule has 0 aliphatic heterocycles. The van der Waals surface area contributed by atoms with Crippen LogP contribution in [-0.4, -0.2) is 10.2 Å². The molecule has 0 aromatic heterocycles. The summed E-state index contributed by atoms with van der Waals surface area (Å²) in [6.07, 6.45) is 0. The zero-order chi connectivity index (χ0) is 16.3. The van der Waals surface area contributed by atoms with Gasteiger partial charge in [-0.05, 0) is 83.6 Å². The molecule has 0 bridgehead atoms. The second kappa shape index (κ2) is 6.99. The second-order valence-corrected chi connectivity index (χ2v) is 7.10. The average molecular weight is 328 g/mol. The Hall–Kier alpha value is -1.78. The maximum absolute atomic E-state index is 11.7.